The molecule has 0 aromatic heterocycles. The maximum absolute atomic E-state index is 11.0. The Kier molecular flexibility index (Phi) is 5.37. The number of carbonyl (C=O) groups is 2. The van der Waals surface area contributed by atoms with E-state index in [1.165, 1.54) is 14.0 Å². The van der Waals surface area contributed by atoms with Crippen LogP contribution in [-0.2, 0) is 9.59 Å². The molecule has 0 bridgehead atoms. The standard InChI is InChI=1S/C8H15NO6/c1-3(10)4(11)5(12)6(13)7(14)8(15)9-2/h3-6,10-13H,1-2H3,(H,9,15)/t3?,4-,5-,6+/m1/s1. The van der Waals surface area contributed by atoms with Gasteiger partial charge in [-0.2, -0.15) is 0 Å². The van der Waals surface area contributed by atoms with Crippen LogP contribution in [0.25, 0.3) is 0 Å². The van der Waals surface area contributed by atoms with Crippen LogP contribution in [0.15, 0.2) is 0 Å². The Balaban J connectivity index is 4.50. The van der Waals surface area contributed by atoms with Crippen LogP contribution in [0.5, 0.6) is 0 Å². The van der Waals surface area contributed by atoms with E-state index in [2.05, 4.69) is 0 Å². The zero-order chi connectivity index (χ0) is 12.2. The molecule has 1 unspecified atom stereocenters. The van der Waals surface area contributed by atoms with Crippen LogP contribution in [0.4, 0.5) is 0 Å². The summed E-state index contributed by atoms with van der Waals surface area (Å²) in [6, 6.07) is 0. The van der Waals surface area contributed by atoms with Gasteiger partial charge in [0.25, 0.3) is 11.7 Å². The highest BCUT2D eigenvalue weighted by molar-refractivity contribution is 6.37. The number of nitrogens with one attached hydrogen (secondary N) is 1. The number of ketones is 1. The highest BCUT2D eigenvalue weighted by Crippen LogP contribution is 2.05. The molecule has 0 spiro atoms. The number of carbonyl (C=O) groups excluding carboxylic acids is 2. The maximum Gasteiger partial charge on any atom is 0.290 e. The number of rotatable bonds is 5. The van der Waals surface area contributed by atoms with Gasteiger partial charge >= 0.3 is 0 Å². The van der Waals surface area contributed by atoms with Gasteiger partial charge in [0.15, 0.2) is 6.10 Å². The van der Waals surface area contributed by atoms with Crippen molar-refractivity contribution in [1.29, 1.82) is 0 Å². The molecular weight excluding hydrogens is 206 g/mol. The molecule has 0 aromatic rings. The van der Waals surface area contributed by atoms with Gasteiger partial charge in [0.2, 0.25) is 0 Å². The molecule has 88 valence electrons. The van der Waals surface area contributed by atoms with Crippen LogP contribution < -0.4 is 5.32 Å². The molecule has 0 heterocycles. The Bertz CT molecular complexity index is 241. The van der Waals surface area contributed by atoms with E-state index in [4.69, 9.17) is 10.2 Å². The van der Waals surface area contributed by atoms with E-state index in [9.17, 15) is 19.8 Å². The van der Waals surface area contributed by atoms with Crippen molar-refractivity contribution in [3.63, 3.8) is 0 Å². The van der Waals surface area contributed by atoms with Crippen LogP contribution in [0.3, 0.4) is 0 Å². The predicted molar refractivity (Wildman–Crippen MR) is 48.8 cm³/mol. The molecule has 0 radical (unpaired) electrons. The van der Waals surface area contributed by atoms with E-state index in [-0.39, 0.29) is 0 Å². The van der Waals surface area contributed by atoms with Crippen LogP contribution in [0, 0.1) is 0 Å². The third kappa shape index (κ3) is 3.56. The maximum atomic E-state index is 11.0. The molecule has 7 nitrogen and oxygen atoms in total. The minimum Gasteiger partial charge on any atom is -0.391 e. The SMILES string of the molecule is CNC(=O)C(=O)[C@@H](O)[C@H](O)[C@H](O)C(C)O. The van der Waals surface area contributed by atoms with Gasteiger partial charge in [0.05, 0.1) is 6.10 Å². The Morgan fingerprint density at radius 1 is 1.07 bits per heavy atom. The molecule has 4 atom stereocenters. The first-order chi connectivity index (χ1) is 6.82. The number of aliphatic hydroxyl groups excluding tert-OH is 4. The predicted octanol–water partition coefficient (Wildman–Crippen LogP) is -3.23. The van der Waals surface area contributed by atoms with Gasteiger partial charge < -0.3 is 25.7 Å². The largest absolute Gasteiger partial charge is 0.391 e. The molecule has 15 heavy (non-hydrogen) atoms. The monoisotopic (exact) mass is 221 g/mol. The molecule has 0 aliphatic heterocycles. The average Bonchev–Trinajstić information content (AvgIpc) is 2.23. The first-order valence-electron chi connectivity index (χ1n) is 4.31. The topological polar surface area (TPSA) is 127 Å². The highest BCUT2D eigenvalue weighted by atomic mass is 16.4. The smallest absolute Gasteiger partial charge is 0.290 e. The van der Waals surface area contributed by atoms with Gasteiger partial charge in [-0.3, -0.25) is 9.59 Å². The molecule has 0 aromatic carbocycles. The molecule has 0 aliphatic carbocycles. The summed E-state index contributed by atoms with van der Waals surface area (Å²) >= 11 is 0. The molecule has 7 heteroatoms. The lowest BCUT2D eigenvalue weighted by Crippen LogP contribution is -2.50. The van der Waals surface area contributed by atoms with E-state index in [0.29, 0.717) is 0 Å². The van der Waals surface area contributed by atoms with Crippen molar-refractivity contribution >= 4 is 11.7 Å². The van der Waals surface area contributed by atoms with E-state index < -0.39 is 36.1 Å². The number of aliphatic hydroxyl groups is 4. The van der Waals surface area contributed by atoms with E-state index >= 15 is 0 Å². The van der Waals surface area contributed by atoms with Crippen molar-refractivity contribution in [1.82, 2.24) is 5.32 Å². The first kappa shape index (κ1) is 14.0. The molecule has 0 rings (SSSR count). The fourth-order valence-electron chi connectivity index (χ4n) is 0.885. The summed E-state index contributed by atoms with van der Waals surface area (Å²) in [6.07, 6.45) is -7.00. The zero-order valence-electron chi connectivity index (χ0n) is 8.41. The Morgan fingerprint density at radius 2 is 1.53 bits per heavy atom. The van der Waals surface area contributed by atoms with Crippen LogP contribution in [0.1, 0.15) is 6.92 Å². The fraction of sp³-hybridized carbons (Fsp3) is 0.750. The lowest BCUT2D eigenvalue weighted by atomic mass is 10.0. The van der Waals surface area contributed by atoms with Crippen molar-refractivity contribution in [2.75, 3.05) is 7.05 Å². The van der Waals surface area contributed by atoms with E-state index in [0.717, 1.165) is 0 Å². The van der Waals surface area contributed by atoms with Crippen molar-refractivity contribution in [2.45, 2.75) is 31.3 Å². The number of hydrogen-bond donors (Lipinski definition) is 5. The molecule has 0 aliphatic rings. The summed E-state index contributed by atoms with van der Waals surface area (Å²) in [7, 11) is 1.18. The van der Waals surface area contributed by atoms with Crippen LogP contribution in [0.2, 0.25) is 0 Å². The van der Waals surface area contributed by atoms with Crippen LogP contribution >= 0.6 is 0 Å². The number of hydrogen-bond acceptors (Lipinski definition) is 6. The fourth-order valence-corrected chi connectivity index (χ4v) is 0.885. The van der Waals surface area contributed by atoms with Gasteiger partial charge in [-0.05, 0) is 6.92 Å². The molecular formula is C8H15NO6. The molecule has 5 N–H and O–H groups in total. The van der Waals surface area contributed by atoms with Gasteiger partial charge in [-0.1, -0.05) is 0 Å². The van der Waals surface area contributed by atoms with Crippen molar-refractivity contribution in [3.8, 4) is 0 Å². The molecule has 1 amide bonds. The van der Waals surface area contributed by atoms with Gasteiger partial charge in [-0.15, -0.1) is 0 Å². The molecule has 0 saturated heterocycles. The Labute approximate surface area is 86.3 Å². The molecule has 0 saturated carbocycles. The third-order valence-corrected chi connectivity index (χ3v) is 1.89. The van der Waals surface area contributed by atoms with Gasteiger partial charge in [0, 0.05) is 7.05 Å². The number of amides is 1. The summed E-state index contributed by atoms with van der Waals surface area (Å²) in [4.78, 5) is 21.8. The highest BCUT2D eigenvalue weighted by Gasteiger charge is 2.35. The summed E-state index contributed by atoms with van der Waals surface area (Å²) < 4.78 is 0. The van der Waals surface area contributed by atoms with Crippen molar-refractivity contribution in [3.05, 3.63) is 0 Å². The van der Waals surface area contributed by atoms with Gasteiger partial charge in [-0.25, -0.2) is 0 Å². The lowest BCUT2D eigenvalue weighted by Gasteiger charge is -2.23. The minimum atomic E-state index is -2.06. The second-order valence-electron chi connectivity index (χ2n) is 3.11. The zero-order valence-corrected chi connectivity index (χ0v) is 8.41. The summed E-state index contributed by atoms with van der Waals surface area (Å²) in [5, 5.41) is 38.4. The van der Waals surface area contributed by atoms with E-state index in [1.807, 2.05) is 5.32 Å². The Hall–Kier alpha value is -1.02. The second-order valence-corrected chi connectivity index (χ2v) is 3.11. The minimum absolute atomic E-state index is 1.08. The average molecular weight is 221 g/mol. The van der Waals surface area contributed by atoms with E-state index in [1.54, 1.807) is 0 Å². The van der Waals surface area contributed by atoms with Crippen molar-refractivity contribution < 1.29 is 30.0 Å². The van der Waals surface area contributed by atoms with Gasteiger partial charge in [0.1, 0.15) is 12.2 Å². The number of Topliss-reactive ketones (excluding diaryl/α,β-unsaturated/α-hetero) is 1. The molecule has 0 fully saturated rings. The van der Waals surface area contributed by atoms with Crippen LogP contribution in [-0.4, -0.2) is 63.6 Å². The normalized spacial score (nSPS) is 18.8. The summed E-state index contributed by atoms with van der Waals surface area (Å²) in [5.74, 6) is -2.36. The second kappa shape index (κ2) is 5.76. The quantitative estimate of drug-likeness (QED) is 0.310. The summed E-state index contributed by atoms with van der Waals surface area (Å²) in [6.45, 7) is 1.17. The Morgan fingerprint density at radius 3 is 1.87 bits per heavy atom. The van der Waals surface area contributed by atoms with Crippen molar-refractivity contribution in [2.24, 2.45) is 0 Å². The lowest BCUT2D eigenvalue weighted by molar-refractivity contribution is -0.152. The first-order valence-corrected chi connectivity index (χ1v) is 4.31. The third-order valence-electron chi connectivity index (χ3n) is 1.89. The summed E-state index contributed by atoms with van der Waals surface area (Å²) in [5.41, 5.74) is 0. The number of likely N-dealkylation sites (N-methyl/N-ethyl adjacent to an activating group) is 1.